The Morgan fingerprint density at radius 1 is 1.28 bits per heavy atom. The maximum absolute atomic E-state index is 5.91. The monoisotopic (exact) mass is 340 g/mol. The van der Waals surface area contributed by atoms with Gasteiger partial charge in [-0.05, 0) is 67.0 Å². The van der Waals surface area contributed by atoms with E-state index < -0.39 is 0 Å². The third kappa shape index (κ3) is 3.50. The minimum Gasteiger partial charge on any atom is -0.487 e. The zero-order valence-electron chi connectivity index (χ0n) is 14.0. The van der Waals surface area contributed by atoms with Gasteiger partial charge in [-0.15, -0.1) is 5.10 Å². The van der Waals surface area contributed by atoms with Crippen LogP contribution in [-0.2, 0) is 6.61 Å². The molecule has 0 atom stereocenters. The van der Waals surface area contributed by atoms with E-state index >= 15 is 0 Å². The molecule has 9 nitrogen and oxygen atoms in total. The van der Waals surface area contributed by atoms with Crippen molar-refractivity contribution in [3.8, 4) is 11.4 Å². The van der Waals surface area contributed by atoms with Crippen molar-refractivity contribution in [3.63, 3.8) is 0 Å². The lowest BCUT2D eigenvalue weighted by molar-refractivity contribution is 0.286. The maximum Gasteiger partial charge on any atom is 0.143 e. The van der Waals surface area contributed by atoms with Crippen LogP contribution in [0.5, 0.6) is 5.75 Å². The van der Waals surface area contributed by atoms with Crippen LogP contribution in [0.15, 0.2) is 30.7 Å². The van der Waals surface area contributed by atoms with Crippen molar-refractivity contribution in [1.82, 2.24) is 40.5 Å². The summed E-state index contributed by atoms with van der Waals surface area (Å²) in [5.74, 6) is 0.813. The van der Waals surface area contributed by atoms with Gasteiger partial charge in [-0.2, -0.15) is 15.0 Å². The van der Waals surface area contributed by atoms with Gasteiger partial charge in [-0.25, -0.2) is 4.68 Å². The molecule has 0 amide bonds. The van der Waals surface area contributed by atoms with Gasteiger partial charge in [-0.3, -0.25) is 0 Å². The summed E-state index contributed by atoms with van der Waals surface area (Å²) in [6, 6.07) is 6.21. The molecule has 25 heavy (non-hydrogen) atoms. The second kappa shape index (κ2) is 6.98. The molecule has 2 aromatic heterocycles. The van der Waals surface area contributed by atoms with Crippen molar-refractivity contribution >= 4 is 0 Å². The van der Waals surface area contributed by atoms with Gasteiger partial charge in [0.2, 0.25) is 0 Å². The number of ether oxygens (including phenoxy) is 1. The highest BCUT2D eigenvalue weighted by molar-refractivity contribution is 5.42. The molecule has 0 aliphatic carbocycles. The number of nitrogens with one attached hydrogen (secondary N) is 1. The van der Waals surface area contributed by atoms with E-state index in [-0.39, 0.29) is 0 Å². The molecule has 0 radical (unpaired) electrons. The lowest BCUT2D eigenvalue weighted by Crippen LogP contribution is -2.30. The van der Waals surface area contributed by atoms with Crippen molar-refractivity contribution in [3.05, 3.63) is 42.0 Å². The fourth-order valence-electron chi connectivity index (χ4n) is 2.96. The fourth-order valence-corrected chi connectivity index (χ4v) is 2.96. The fraction of sp³-hybridized carbons (Fsp3) is 0.438. The zero-order chi connectivity index (χ0) is 17.1. The number of aromatic nitrogens is 7. The van der Waals surface area contributed by atoms with Gasteiger partial charge in [0.05, 0.1) is 17.9 Å². The van der Waals surface area contributed by atoms with Gasteiger partial charge in [0.25, 0.3) is 0 Å². The Morgan fingerprint density at radius 3 is 2.92 bits per heavy atom. The summed E-state index contributed by atoms with van der Waals surface area (Å²) < 4.78 is 7.52. The van der Waals surface area contributed by atoms with E-state index in [4.69, 9.17) is 4.74 Å². The van der Waals surface area contributed by atoms with Crippen molar-refractivity contribution in [2.75, 3.05) is 13.1 Å². The van der Waals surface area contributed by atoms with Gasteiger partial charge in [0, 0.05) is 0 Å². The molecule has 1 aliphatic rings. The van der Waals surface area contributed by atoms with Crippen LogP contribution in [-0.4, -0.2) is 48.3 Å². The smallest absolute Gasteiger partial charge is 0.143 e. The second-order valence-corrected chi connectivity index (χ2v) is 6.13. The summed E-state index contributed by atoms with van der Waals surface area (Å²) in [5, 5.41) is 23.5. The molecule has 0 saturated carbocycles. The van der Waals surface area contributed by atoms with Gasteiger partial charge < -0.3 is 10.1 Å². The van der Waals surface area contributed by atoms with E-state index in [1.165, 1.54) is 0 Å². The molecular formula is C16H20N8O. The number of benzene rings is 1. The number of aryl methyl sites for hydroxylation is 1. The molecule has 1 fully saturated rings. The molecule has 1 N–H and O–H groups in total. The topological polar surface area (TPSA) is 95.6 Å². The molecule has 0 unspecified atom stereocenters. The summed E-state index contributed by atoms with van der Waals surface area (Å²) in [4.78, 5) is 1.83. The second-order valence-electron chi connectivity index (χ2n) is 6.13. The van der Waals surface area contributed by atoms with E-state index in [1.807, 2.05) is 29.9 Å². The summed E-state index contributed by atoms with van der Waals surface area (Å²) in [6.45, 7) is 4.43. The minimum atomic E-state index is 0.382. The molecular weight excluding hydrogens is 320 g/mol. The Morgan fingerprint density at radius 2 is 2.16 bits per heavy atom. The average molecular weight is 340 g/mol. The predicted octanol–water partition coefficient (Wildman–Crippen LogP) is 1.07. The van der Waals surface area contributed by atoms with E-state index in [0.29, 0.717) is 12.6 Å². The number of hydrogen-bond acceptors (Lipinski definition) is 7. The van der Waals surface area contributed by atoms with Gasteiger partial charge >= 0.3 is 0 Å². The van der Waals surface area contributed by atoms with Crippen molar-refractivity contribution in [1.29, 1.82) is 0 Å². The molecule has 1 aliphatic heterocycles. The summed E-state index contributed by atoms with van der Waals surface area (Å²) >= 11 is 0. The molecule has 0 bridgehead atoms. The normalized spacial score (nSPS) is 15.4. The van der Waals surface area contributed by atoms with Gasteiger partial charge in [0.1, 0.15) is 24.4 Å². The molecule has 1 saturated heterocycles. The zero-order valence-corrected chi connectivity index (χ0v) is 14.0. The van der Waals surface area contributed by atoms with Crippen LogP contribution in [0.2, 0.25) is 0 Å². The lowest BCUT2D eigenvalue weighted by atomic mass is 10.1. The first-order valence-corrected chi connectivity index (χ1v) is 8.38. The maximum atomic E-state index is 5.91. The standard InChI is InChI=1S/C16H20N8O/c1-12-8-15(23-11-18-21-22-23)2-3-16(12)25-10-13-9-19-24(20-13)14-4-6-17-7-5-14/h2-3,8-9,11,14,17H,4-7,10H2,1H3. The summed E-state index contributed by atoms with van der Waals surface area (Å²) in [6.07, 6.45) is 5.47. The Labute approximate surface area is 145 Å². The van der Waals surface area contributed by atoms with E-state index in [2.05, 4.69) is 31.0 Å². The summed E-state index contributed by atoms with van der Waals surface area (Å²) in [5.41, 5.74) is 2.74. The third-order valence-corrected chi connectivity index (χ3v) is 4.34. The van der Waals surface area contributed by atoms with Crippen LogP contribution in [0.25, 0.3) is 5.69 Å². The van der Waals surface area contributed by atoms with Crippen LogP contribution in [0, 0.1) is 6.92 Å². The molecule has 0 spiro atoms. The van der Waals surface area contributed by atoms with Gasteiger partial charge in [0.15, 0.2) is 0 Å². The lowest BCUT2D eigenvalue weighted by Gasteiger charge is -2.21. The molecule has 3 heterocycles. The van der Waals surface area contributed by atoms with Crippen molar-refractivity contribution in [2.24, 2.45) is 0 Å². The first kappa shape index (κ1) is 15.7. The quantitative estimate of drug-likeness (QED) is 0.742. The highest BCUT2D eigenvalue weighted by Gasteiger charge is 2.17. The molecule has 3 aromatic rings. The number of tetrazole rings is 1. The van der Waals surface area contributed by atoms with Crippen LogP contribution in [0.4, 0.5) is 0 Å². The minimum absolute atomic E-state index is 0.382. The SMILES string of the molecule is Cc1cc(-n2cnnn2)ccc1OCc1cnn(C2CCNCC2)n1. The van der Waals surface area contributed by atoms with Crippen LogP contribution in [0.1, 0.15) is 30.1 Å². The van der Waals surface area contributed by atoms with E-state index in [9.17, 15) is 0 Å². The molecule has 1 aromatic carbocycles. The largest absolute Gasteiger partial charge is 0.487 e. The number of nitrogens with zero attached hydrogens (tertiary/aromatic N) is 7. The first-order chi connectivity index (χ1) is 12.3. The number of piperidine rings is 1. The first-order valence-electron chi connectivity index (χ1n) is 8.38. The molecule has 4 rings (SSSR count). The highest BCUT2D eigenvalue weighted by atomic mass is 16.5. The molecule has 9 heteroatoms. The van der Waals surface area contributed by atoms with E-state index in [1.54, 1.807) is 17.2 Å². The van der Waals surface area contributed by atoms with Crippen molar-refractivity contribution in [2.45, 2.75) is 32.4 Å². The Bertz CT molecular complexity index is 823. The number of hydrogen-bond donors (Lipinski definition) is 1. The van der Waals surface area contributed by atoms with E-state index in [0.717, 1.165) is 48.6 Å². The number of rotatable bonds is 5. The highest BCUT2D eigenvalue weighted by Crippen LogP contribution is 2.22. The Balaban J connectivity index is 1.40. The van der Waals surface area contributed by atoms with Crippen LogP contribution in [0.3, 0.4) is 0 Å². The Hall–Kier alpha value is -2.81. The molecule has 130 valence electrons. The van der Waals surface area contributed by atoms with Crippen LogP contribution < -0.4 is 10.1 Å². The predicted molar refractivity (Wildman–Crippen MR) is 89.4 cm³/mol. The van der Waals surface area contributed by atoms with Crippen LogP contribution >= 0.6 is 0 Å². The third-order valence-electron chi connectivity index (χ3n) is 4.34. The van der Waals surface area contributed by atoms with Gasteiger partial charge in [-0.1, -0.05) is 0 Å². The average Bonchev–Trinajstić information content (AvgIpc) is 3.33. The van der Waals surface area contributed by atoms with Crippen molar-refractivity contribution < 1.29 is 4.74 Å². The Kier molecular flexibility index (Phi) is 4.38. The summed E-state index contributed by atoms with van der Waals surface area (Å²) in [7, 11) is 0.